The monoisotopic (exact) mass is 439 g/mol. The first-order valence-electron chi connectivity index (χ1n) is 11.9. The number of ether oxygens (including phenoxy) is 1. The van der Waals surface area contributed by atoms with Crippen LogP contribution >= 0.6 is 0 Å². The predicted molar refractivity (Wildman–Crippen MR) is 121 cm³/mol. The van der Waals surface area contributed by atoms with Crippen LogP contribution in [0.5, 0.6) is 0 Å². The largest absolute Gasteiger partial charge is 0.375 e. The summed E-state index contributed by atoms with van der Waals surface area (Å²) >= 11 is 0. The summed E-state index contributed by atoms with van der Waals surface area (Å²) in [5.74, 6) is -0.00839. The molecule has 1 saturated carbocycles. The molecule has 3 aliphatic rings. The Morgan fingerprint density at radius 1 is 1.19 bits per heavy atom. The standard InChI is InChI=1S/C24H33N5O3/c1-3-25-23(31)29(17-8-9-17)18-10-15-32-24(16-18)11-13-28(14-12-24)22(30)21-19-6-4-5-7-20(19)27(2)26-21/h4-7,17-18H,3,8-16H2,1-2H3,(H,25,31). The summed E-state index contributed by atoms with van der Waals surface area (Å²) in [5.41, 5.74) is 1.25. The Bertz CT molecular complexity index is 1010. The second-order valence-electron chi connectivity index (χ2n) is 9.43. The lowest BCUT2D eigenvalue weighted by Gasteiger charge is -2.48. The Morgan fingerprint density at radius 3 is 2.66 bits per heavy atom. The van der Waals surface area contributed by atoms with Crippen molar-refractivity contribution in [3.63, 3.8) is 0 Å². The van der Waals surface area contributed by atoms with Crippen LogP contribution in [0.4, 0.5) is 4.79 Å². The fourth-order valence-corrected chi connectivity index (χ4v) is 5.45. The Kier molecular flexibility index (Phi) is 5.57. The van der Waals surface area contributed by atoms with Crippen LogP contribution in [0, 0.1) is 0 Å². The number of piperidine rings is 1. The molecule has 1 aliphatic carbocycles. The van der Waals surface area contributed by atoms with Crippen molar-refractivity contribution in [3.05, 3.63) is 30.0 Å². The minimum Gasteiger partial charge on any atom is -0.375 e. The molecule has 1 aromatic heterocycles. The van der Waals surface area contributed by atoms with Crippen molar-refractivity contribution in [1.29, 1.82) is 0 Å². The Balaban J connectivity index is 1.27. The third kappa shape index (κ3) is 3.85. The molecule has 2 aromatic rings. The smallest absolute Gasteiger partial charge is 0.317 e. The lowest BCUT2D eigenvalue weighted by atomic mass is 9.81. The number of amides is 3. The van der Waals surface area contributed by atoms with Crippen LogP contribution in [0.3, 0.4) is 0 Å². The van der Waals surface area contributed by atoms with E-state index in [0.29, 0.717) is 38.0 Å². The van der Waals surface area contributed by atoms with Crippen LogP contribution in [0.2, 0.25) is 0 Å². The highest BCUT2D eigenvalue weighted by molar-refractivity contribution is 6.04. The highest BCUT2D eigenvalue weighted by Crippen LogP contribution is 2.40. The van der Waals surface area contributed by atoms with Crippen LogP contribution in [0.1, 0.15) is 55.9 Å². The molecule has 2 saturated heterocycles. The minimum atomic E-state index is -0.245. The van der Waals surface area contributed by atoms with E-state index < -0.39 is 0 Å². The molecular weight excluding hydrogens is 406 g/mol. The number of rotatable bonds is 4. The van der Waals surface area contributed by atoms with Gasteiger partial charge in [0.05, 0.1) is 11.1 Å². The Hall–Kier alpha value is -2.61. The second-order valence-corrected chi connectivity index (χ2v) is 9.43. The molecule has 1 N–H and O–H groups in total. The molecular formula is C24H33N5O3. The third-order valence-electron chi connectivity index (χ3n) is 7.29. The quantitative estimate of drug-likeness (QED) is 0.794. The molecule has 1 spiro atoms. The summed E-state index contributed by atoms with van der Waals surface area (Å²) in [5, 5.41) is 8.41. The van der Waals surface area contributed by atoms with Crippen LogP contribution in [0.25, 0.3) is 10.9 Å². The van der Waals surface area contributed by atoms with Crippen molar-refractivity contribution < 1.29 is 14.3 Å². The normalized spacial score (nSPS) is 22.8. The first-order valence-corrected chi connectivity index (χ1v) is 11.9. The molecule has 1 aromatic carbocycles. The maximum Gasteiger partial charge on any atom is 0.317 e. The molecule has 3 amide bonds. The number of likely N-dealkylation sites (tertiary alicyclic amines) is 1. The number of hydrogen-bond acceptors (Lipinski definition) is 4. The molecule has 8 nitrogen and oxygen atoms in total. The molecule has 32 heavy (non-hydrogen) atoms. The number of nitrogens with zero attached hydrogens (tertiary/aromatic N) is 4. The van der Waals surface area contributed by atoms with E-state index in [4.69, 9.17) is 4.74 Å². The second kappa shape index (κ2) is 8.39. The van der Waals surface area contributed by atoms with E-state index in [1.807, 2.05) is 43.1 Å². The molecule has 8 heteroatoms. The van der Waals surface area contributed by atoms with Gasteiger partial charge in [0.1, 0.15) is 0 Å². The summed E-state index contributed by atoms with van der Waals surface area (Å²) in [4.78, 5) is 30.0. The molecule has 5 rings (SSSR count). The first kappa shape index (κ1) is 21.2. The number of aryl methyl sites for hydroxylation is 1. The number of para-hydroxylation sites is 1. The van der Waals surface area contributed by atoms with Crippen molar-refractivity contribution in [3.8, 4) is 0 Å². The van der Waals surface area contributed by atoms with E-state index in [-0.39, 0.29) is 23.6 Å². The van der Waals surface area contributed by atoms with Gasteiger partial charge in [-0.05, 0) is 51.5 Å². The third-order valence-corrected chi connectivity index (χ3v) is 7.29. The highest BCUT2D eigenvalue weighted by Gasteiger charge is 2.46. The molecule has 2 aliphatic heterocycles. The summed E-state index contributed by atoms with van der Waals surface area (Å²) in [6.45, 7) is 4.59. The number of nitrogens with one attached hydrogen (secondary N) is 1. The van der Waals surface area contributed by atoms with Crippen molar-refractivity contribution in [1.82, 2.24) is 24.9 Å². The van der Waals surface area contributed by atoms with Gasteiger partial charge in [-0.2, -0.15) is 5.10 Å². The van der Waals surface area contributed by atoms with E-state index >= 15 is 0 Å². The van der Waals surface area contributed by atoms with E-state index in [0.717, 1.165) is 49.4 Å². The predicted octanol–water partition coefficient (Wildman–Crippen LogP) is 2.92. The number of benzene rings is 1. The SMILES string of the molecule is CCNC(=O)N(C1CC1)C1CCOC2(CCN(C(=O)c3nn(C)c4ccccc34)CC2)C1. The molecule has 172 valence electrons. The van der Waals surface area contributed by atoms with Crippen LogP contribution in [0.15, 0.2) is 24.3 Å². The van der Waals surface area contributed by atoms with Gasteiger partial charge in [0.25, 0.3) is 5.91 Å². The number of fused-ring (bicyclic) bond motifs is 1. The fraction of sp³-hybridized carbons (Fsp3) is 0.625. The number of hydrogen-bond donors (Lipinski definition) is 1. The highest BCUT2D eigenvalue weighted by atomic mass is 16.5. The van der Waals surface area contributed by atoms with Crippen molar-refractivity contribution in [2.24, 2.45) is 7.05 Å². The zero-order valence-electron chi connectivity index (χ0n) is 19.0. The summed E-state index contributed by atoms with van der Waals surface area (Å²) < 4.78 is 8.09. The average Bonchev–Trinajstić information content (AvgIpc) is 3.57. The minimum absolute atomic E-state index is 0.00839. The van der Waals surface area contributed by atoms with Gasteiger partial charge >= 0.3 is 6.03 Å². The van der Waals surface area contributed by atoms with Gasteiger partial charge < -0.3 is 19.9 Å². The topological polar surface area (TPSA) is 79.7 Å². The van der Waals surface area contributed by atoms with Crippen LogP contribution in [-0.4, -0.2) is 75.4 Å². The molecule has 0 bridgehead atoms. The molecule has 3 heterocycles. The zero-order chi connectivity index (χ0) is 22.3. The maximum atomic E-state index is 13.3. The number of carbonyl (C=O) groups excluding carboxylic acids is 2. The summed E-state index contributed by atoms with van der Waals surface area (Å²) in [7, 11) is 1.88. The van der Waals surface area contributed by atoms with Crippen molar-refractivity contribution in [2.75, 3.05) is 26.2 Å². The van der Waals surface area contributed by atoms with Gasteiger partial charge in [-0.15, -0.1) is 0 Å². The number of urea groups is 1. The van der Waals surface area contributed by atoms with Gasteiger partial charge in [-0.3, -0.25) is 9.48 Å². The fourth-order valence-electron chi connectivity index (χ4n) is 5.45. The summed E-state index contributed by atoms with van der Waals surface area (Å²) in [6.07, 6.45) is 5.54. The van der Waals surface area contributed by atoms with E-state index in [1.165, 1.54) is 0 Å². The number of carbonyl (C=O) groups is 2. The molecule has 3 fully saturated rings. The van der Waals surface area contributed by atoms with Crippen LogP contribution < -0.4 is 5.32 Å². The van der Waals surface area contributed by atoms with Gasteiger partial charge in [0.15, 0.2) is 5.69 Å². The van der Waals surface area contributed by atoms with E-state index in [9.17, 15) is 9.59 Å². The van der Waals surface area contributed by atoms with Crippen molar-refractivity contribution in [2.45, 2.75) is 63.1 Å². The lowest BCUT2D eigenvalue weighted by molar-refractivity contribution is -0.126. The molecule has 1 atom stereocenters. The van der Waals surface area contributed by atoms with Gasteiger partial charge in [-0.25, -0.2) is 4.79 Å². The number of aromatic nitrogens is 2. The molecule has 1 unspecified atom stereocenters. The maximum absolute atomic E-state index is 13.3. The van der Waals surface area contributed by atoms with Gasteiger partial charge in [-0.1, -0.05) is 18.2 Å². The zero-order valence-corrected chi connectivity index (χ0v) is 19.0. The summed E-state index contributed by atoms with van der Waals surface area (Å²) in [6, 6.07) is 8.51. The average molecular weight is 440 g/mol. The van der Waals surface area contributed by atoms with Crippen molar-refractivity contribution >= 4 is 22.8 Å². The van der Waals surface area contributed by atoms with Gasteiger partial charge in [0, 0.05) is 50.8 Å². The van der Waals surface area contributed by atoms with E-state index in [2.05, 4.69) is 15.3 Å². The van der Waals surface area contributed by atoms with Gasteiger partial charge in [0.2, 0.25) is 0 Å². The van der Waals surface area contributed by atoms with E-state index in [1.54, 1.807) is 4.68 Å². The Labute approximate surface area is 188 Å². The first-order chi connectivity index (χ1) is 15.5. The lowest BCUT2D eigenvalue weighted by Crippen LogP contribution is -2.57. The molecule has 0 radical (unpaired) electrons. The van der Waals surface area contributed by atoms with Crippen LogP contribution in [-0.2, 0) is 11.8 Å². The Morgan fingerprint density at radius 2 is 1.94 bits per heavy atom.